The van der Waals surface area contributed by atoms with Crippen molar-refractivity contribution in [2.75, 3.05) is 6.61 Å². The summed E-state index contributed by atoms with van der Waals surface area (Å²) in [6.45, 7) is 3.10. The molecule has 0 aliphatic rings. The maximum Gasteiger partial charge on any atom is 0.123 e. The van der Waals surface area contributed by atoms with Crippen LogP contribution in [0.1, 0.15) is 24.6 Å². The Morgan fingerprint density at radius 1 is 1.08 bits per heavy atom. The van der Waals surface area contributed by atoms with Gasteiger partial charge in [-0.25, -0.2) is 4.39 Å². The van der Waals surface area contributed by atoms with Crippen LogP contribution in [0.3, 0.4) is 0 Å². The molecule has 1 heterocycles. The Morgan fingerprint density at radius 2 is 1.81 bits per heavy atom. The van der Waals surface area contributed by atoms with Gasteiger partial charge >= 0.3 is 0 Å². The Labute approximate surface area is 152 Å². The fourth-order valence-electron chi connectivity index (χ4n) is 2.72. The molecule has 0 spiro atoms. The minimum Gasteiger partial charge on any atom is -0.395 e. The average Bonchev–Trinajstić information content (AvgIpc) is 3.08. The maximum absolute atomic E-state index is 13.1. The predicted molar refractivity (Wildman–Crippen MR) is 99.0 cm³/mol. The first-order chi connectivity index (χ1) is 12.7. The molecule has 5 nitrogen and oxygen atoms in total. The highest BCUT2D eigenvalue weighted by atomic mass is 19.1. The van der Waals surface area contributed by atoms with Crippen LogP contribution in [0.4, 0.5) is 4.39 Å². The topological polar surface area (TPSA) is 63.0 Å². The second-order valence-electron chi connectivity index (χ2n) is 6.19. The summed E-state index contributed by atoms with van der Waals surface area (Å²) in [6, 6.07) is 16.3. The van der Waals surface area contributed by atoms with Crippen molar-refractivity contribution in [1.82, 2.24) is 20.3 Å². The van der Waals surface area contributed by atoms with E-state index in [1.54, 1.807) is 16.9 Å². The molecule has 1 atom stereocenters. The van der Waals surface area contributed by atoms with Crippen LogP contribution in [0.5, 0.6) is 0 Å². The van der Waals surface area contributed by atoms with Gasteiger partial charge in [0, 0.05) is 18.2 Å². The number of aromatic nitrogens is 3. The summed E-state index contributed by atoms with van der Waals surface area (Å²) in [7, 11) is 0. The summed E-state index contributed by atoms with van der Waals surface area (Å²) < 4.78 is 13.1. The summed E-state index contributed by atoms with van der Waals surface area (Å²) in [5.41, 5.74) is 3.56. The predicted octanol–water partition coefficient (Wildman–Crippen LogP) is 2.99. The molecule has 0 aliphatic heterocycles. The highest BCUT2D eigenvalue weighted by Gasteiger charge is 2.15. The Bertz CT molecular complexity index is 814. The molecule has 0 amide bonds. The van der Waals surface area contributed by atoms with Crippen LogP contribution in [0.25, 0.3) is 11.3 Å². The smallest absolute Gasteiger partial charge is 0.123 e. The molecule has 3 rings (SSSR count). The van der Waals surface area contributed by atoms with Crippen LogP contribution in [-0.4, -0.2) is 32.7 Å². The first-order valence-corrected chi connectivity index (χ1v) is 8.77. The monoisotopic (exact) mass is 354 g/mol. The van der Waals surface area contributed by atoms with Crippen LogP contribution in [0.2, 0.25) is 0 Å². The molecule has 0 saturated carbocycles. The van der Waals surface area contributed by atoms with E-state index in [1.165, 1.54) is 12.1 Å². The number of aliphatic hydroxyl groups excluding tert-OH is 1. The largest absolute Gasteiger partial charge is 0.395 e. The molecule has 6 heteroatoms. The number of hydrogen-bond donors (Lipinski definition) is 2. The second-order valence-corrected chi connectivity index (χ2v) is 6.19. The normalized spacial score (nSPS) is 12.3. The highest BCUT2D eigenvalue weighted by molar-refractivity contribution is 5.60. The van der Waals surface area contributed by atoms with Gasteiger partial charge in [0.2, 0.25) is 0 Å². The van der Waals surface area contributed by atoms with Crippen molar-refractivity contribution >= 4 is 0 Å². The van der Waals surface area contributed by atoms with Gasteiger partial charge in [0.15, 0.2) is 0 Å². The second kappa shape index (κ2) is 8.69. The van der Waals surface area contributed by atoms with Crippen LogP contribution < -0.4 is 5.32 Å². The Balaban J connectivity index is 1.85. The maximum atomic E-state index is 13.1. The number of hydrogen-bond acceptors (Lipinski definition) is 4. The zero-order valence-electron chi connectivity index (χ0n) is 14.8. The quantitative estimate of drug-likeness (QED) is 0.653. The molecular weight excluding hydrogens is 331 g/mol. The zero-order chi connectivity index (χ0) is 18.4. The number of benzene rings is 2. The molecule has 136 valence electrons. The van der Waals surface area contributed by atoms with Crippen LogP contribution in [0.15, 0.2) is 54.6 Å². The number of rotatable bonds is 8. The van der Waals surface area contributed by atoms with Gasteiger partial charge in [-0.3, -0.25) is 0 Å². The number of nitrogens with zero attached hydrogens (tertiary/aromatic N) is 3. The third-order valence-corrected chi connectivity index (χ3v) is 4.28. The number of nitrogens with one attached hydrogen (secondary N) is 1. The summed E-state index contributed by atoms with van der Waals surface area (Å²) >= 11 is 0. The summed E-state index contributed by atoms with van der Waals surface area (Å²) in [5.74, 6) is -0.258. The lowest BCUT2D eigenvalue weighted by atomic mass is 10.1. The van der Waals surface area contributed by atoms with E-state index in [9.17, 15) is 9.50 Å². The molecule has 2 N–H and O–H groups in total. The van der Waals surface area contributed by atoms with Crippen molar-refractivity contribution in [2.24, 2.45) is 0 Å². The van der Waals surface area contributed by atoms with E-state index in [2.05, 4.69) is 15.5 Å². The fourth-order valence-corrected chi connectivity index (χ4v) is 2.72. The number of aliphatic hydroxyl groups is 1. The summed E-state index contributed by atoms with van der Waals surface area (Å²) in [5, 5.41) is 21.9. The van der Waals surface area contributed by atoms with Crippen molar-refractivity contribution in [1.29, 1.82) is 0 Å². The highest BCUT2D eigenvalue weighted by Crippen LogP contribution is 2.20. The van der Waals surface area contributed by atoms with Crippen molar-refractivity contribution in [3.63, 3.8) is 0 Å². The Kier molecular flexibility index (Phi) is 6.09. The van der Waals surface area contributed by atoms with E-state index in [0.717, 1.165) is 28.9 Å². The molecule has 2 aromatic carbocycles. The SMILES string of the molecule is CC[C@@H](CO)NCc1nn(Cc2ccc(F)cc2)nc1-c1ccccc1. The minimum atomic E-state index is -0.258. The van der Waals surface area contributed by atoms with E-state index >= 15 is 0 Å². The average molecular weight is 354 g/mol. The molecule has 0 unspecified atom stereocenters. The molecular formula is C20H23FN4O. The van der Waals surface area contributed by atoms with E-state index in [1.807, 2.05) is 37.3 Å². The molecule has 0 saturated heterocycles. The molecule has 26 heavy (non-hydrogen) atoms. The van der Waals surface area contributed by atoms with Crippen LogP contribution in [0, 0.1) is 5.82 Å². The molecule has 0 fully saturated rings. The van der Waals surface area contributed by atoms with Gasteiger partial charge in [-0.1, -0.05) is 49.4 Å². The van der Waals surface area contributed by atoms with Gasteiger partial charge in [0.25, 0.3) is 0 Å². The van der Waals surface area contributed by atoms with Crippen molar-refractivity contribution in [3.8, 4) is 11.3 Å². The lowest BCUT2D eigenvalue weighted by Crippen LogP contribution is -2.31. The zero-order valence-corrected chi connectivity index (χ0v) is 14.8. The first kappa shape index (κ1) is 18.2. The van der Waals surface area contributed by atoms with Gasteiger partial charge in [-0.05, 0) is 24.1 Å². The van der Waals surface area contributed by atoms with Gasteiger partial charge in [0.1, 0.15) is 17.2 Å². The lowest BCUT2D eigenvalue weighted by molar-refractivity contribution is 0.238. The van der Waals surface area contributed by atoms with Gasteiger partial charge in [-0.2, -0.15) is 15.0 Å². The van der Waals surface area contributed by atoms with Gasteiger partial charge in [-0.15, -0.1) is 0 Å². The van der Waals surface area contributed by atoms with E-state index in [4.69, 9.17) is 0 Å². The van der Waals surface area contributed by atoms with Crippen molar-refractivity contribution in [2.45, 2.75) is 32.5 Å². The lowest BCUT2D eigenvalue weighted by Gasteiger charge is -2.12. The Morgan fingerprint density at radius 3 is 2.46 bits per heavy atom. The molecule has 3 aromatic rings. The van der Waals surface area contributed by atoms with E-state index in [0.29, 0.717) is 13.1 Å². The van der Waals surface area contributed by atoms with Crippen molar-refractivity contribution in [3.05, 3.63) is 71.7 Å². The fraction of sp³-hybridized carbons (Fsp3) is 0.300. The summed E-state index contributed by atoms with van der Waals surface area (Å²) in [4.78, 5) is 1.63. The van der Waals surface area contributed by atoms with Crippen LogP contribution in [-0.2, 0) is 13.1 Å². The third-order valence-electron chi connectivity index (χ3n) is 4.28. The van der Waals surface area contributed by atoms with E-state index < -0.39 is 0 Å². The minimum absolute atomic E-state index is 0.0286. The summed E-state index contributed by atoms with van der Waals surface area (Å²) in [6.07, 6.45) is 0.834. The van der Waals surface area contributed by atoms with Crippen LogP contribution >= 0.6 is 0 Å². The van der Waals surface area contributed by atoms with E-state index in [-0.39, 0.29) is 18.5 Å². The van der Waals surface area contributed by atoms with Gasteiger partial charge < -0.3 is 10.4 Å². The van der Waals surface area contributed by atoms with Crippen molar-refractivity contribution < 1.29 is 9.50 Å². The third kappa shape index (κ3) is 4.53. The number of halogens is 1. The molecule has 0 aliphatic carbocycles. The standard InChI is InChI=1S/C20H23FN4O/c1-2-18(14-26)22-12-19-20(16-6-4-3-5-7-16)24-25(23-19)13-15-8-10-17(21)11-9-15/h3-11,18,22,26H,2,12-14H2,1H3/t18-/m0/s1. The first-order valence-electron chi connectivity index (χ1n) is 8.77. The Hall–Kier alpha value is -2.57. The molecule has 1 aromatic heterocycles. The van der Waals surface area contributed by atoms with Gasteiger partial charge in [0.05, 0.1) is 13.2 Å². The molecule has 0 radical (unpaired) electrons. The molecule has 0 bridgehead atoms.